The van der Waals surface area contributed by atoms with Gasteiger partial charge in [0.2, 0.25) is 0 Å². The molecule has 0 N–H and O–H groups in total. The Kier molecular flexibility index (Phi) is 1.63. The molecular weight excluding hydrogens is 176 g/mol. The van der Waals surface area contributed by atoms with Crippen molar-refractivity contribution >= 4 is 5.78 Å². The first-order valence-corrected chi connectivity index (χ1v) is 5.16. The summed E-state index contributed by atoms with van der Waals surface area (Å²) in [5.74, 6) is 1.19. The highest BCUT2D eigenvalue weighted by Crippen LogP contribution is 2.38. The summed E-state index contributed by atoms with van der Waals surface area (Å²) >= 11 is 0. The van der Waals surface area contributed by atoms with E-state index in [1.54, 1.807) is 0 Å². The number of hydrogen-bond donors (Lipinski definition) is 0. The molecule has 0 radical (unpaired) electrons. The fourth-order valence-corrected chi connectivity index (χ4v) is 2.50. The maximum atomic E-state index is 12.0. The van der Waals surface area contributed by atoms with Crippen LogP contribution in [0.5, 0.6) is 5.75 Å². The van der Waals surface area contributed by atoms with E-state index in [4.69, 9.17) is 4.74 Å². The quantitative estimate of drug-likeness (QED) is 0.625. The van der Waals surface area contributed by atoms with Crippen molar-refractivity contribution in [2.24, 2.45) is 5.92 Å². The van der Waals surface area contributed by atoms with Gasteiger partial charge in [0.25, 0.3) is 0 Å². The molecule has 0 aromatic heterocycles. The molecule has 1 fully saturated rings. The topological polar surface area (TPSA) is 26.3 Å². The lowest BCUT2D eigenvalue weighted by Gasteiger charge is -2.27. The molecule has 0 spiro atoms. The Morgan fingerprint density at radius 3 is 3.00 bits per heavy atom. The fraction of sp³-hybridized carbons (Fsp3) is 0.417. The van der Waals surface area contributed by atoms with Gasteiger partial charge in [0.1, 0.15) is 11.9 Å². The predicted octanol–water partition coefficient (Wildman–Crippen LogP) is 2.43. The number of hydrogen-bond acceptors (Lipinski definition) is 2. The van der Waals surface area contributed by atoms with E-state index in [0.717, 1.165) is 30.6 Å². The Hall–Kier alpha value is -1.31. The van der Waals surface area contributed by atoms with Crippen LogP contribution in [-0.2, 0) is 0 Å². The normalized spacial score (nSPS) is 29.3. The first-order valence-electron chi connectivity index (χ1n) is 5.16. The van der Waals surface area contributed by atoms with Crippen molar-refractivity contribution in [3.05, 3.63) is 29.8 Å². The van der Waals surface area contributed by atoms with Gasteiger partial charge in [-0.05, 0) is 31.4 Å². The second-order valence-corrected chi connectivity index (χ2v) is 4.05. The summed E-state index contributed by atoms with van der Waals surface area (Å²) in [5.41, 5.74) is 0.774. The van der Waals surface area contributed by atoms with Gasteiger partial charge in [-0.3, -0.25) is 4.79 Å². The standard InChI is InChI=1S/C12H12O2/c13-12-8-4-1-2-6-10(8)14-11-7-3-5-9(11)12/h1-2,4,6,9,11H,3,5,7H2/t9-,11-/m1/s1. The lowest BCUT2D eigenvalue weighted by atomic mass is 9.91. The molecule has 0 unspecified atom stereocenters. The first kappa shape index (κ1) is 8.04. The summed E-state index contributed by atoms with van der Waals surface area (Å²) in [4.78, 5) is 12.0. The summed E-state index contributed by atoms with van der Waals surface area (Å²) in [6.07, 6.45) is 3.30. The Bertz CT molecular complexity index is 384. The van der Waals surface area contributed by atoms with E-state index in [1.807, 2.05) is 24.3 Å². The Morgan fingerprint density at radius 1 is 1.21 bits per heavy atom. The summed E-state index contributed by atoms with van der Waals surface area (Å²) in [6, 6.07) is 7.57. The third-order valence-electron chi connectivity index (χ3n) is 3.22. The molecule has 2 atom stereocenters. The zero-order valence-corrected chi connectivity index (χ0v) is 7.90. The molecule has 1 heterocycles. The molecule has 0 amide bonds. The van der Waals surface area contributed by atoms with Gasteiger partial charge in [0.15, 0.2) is 5.78 Å². The van der Waals surface area contributed by atoms with Crippen molar-refractivity contribution in [3.8, 4) is 5.75 Å². The number of carbonyl (C=O) groups excluding carboxylic acids is 1. The maximum absolute atomic E-state index is 12.0. The Labute approximate surface area is 82.9 Å². The molecule has 3 rings (SSSR count). The minimum atomic E-state index is 0.130. The second kappa shape index (κ2) is 2.84. The molecule has 0 bridgehead atoms. The molecule has 1 aromatic rings. The maximum Gasteiger partial charge on any atom is 0.173 e. The average molecular weight is 188 g/mol. The van der Waals surface area contributed by atoms with Gasteiger partial charge in [-0.25, -0.2) is 0 Å². The fourth-order valence-electron chi connectivity index (χ4n) is 2.50. The number of para-hydroxylation sites is 1. The molecule has 1 aliphatic carbocycles. The smallest absolute Gasteiger partial charge is 0.173 e. The zero-order chi connectivity index (χ0) is 9.54. The van der Waals surface area contributed by atoms with Crippen LogP contribution in [-0.4, -0.2) is 11.9 Å². The molecule has 2 heteroatoms. The number of benzene rings is 1. The molecule has 0 saturated heterocycles. The number of ether oxygens (including phenoxy) is 1. The van der Waals surface area contributed by atoms with Crippen LogP contribution in [0.4, 0.5) is 0 Å². The Morgan fingerprint density at radius 2 is 2.07 bits per heavy atom. The monoisotopic (exact) mass is 188 g/mol. The second-order valence-electron chi connectivity index (χ2n) is 4.05. The number of ketones is 1. The molecule has 2 nitrogen and oxygen atoms in total. The van der Waals surface area contributed by atoms with E-state index in [1.165, 1.54) is 0 Å². The van der Waals surface area contributed by atoms with Gasteiger partial charge in [0.05, 0.1) is 11.5 Å². The van der Waals surface area contributed by atoms with Crippen LogP contribution in [0.15, 0.2) is 24.3 Å². The third-order valence-corrected chi connectivity index (χ3v) is 3.22. The molecule has 1 aliphatic heterocycles. The van der Waals surface area contributed by atoms with Crippen molar-refractivity contribution in [2.45, 2.75) is 25.4 Å². The Balaban J connectivity index is 2.08. The SMILES string of the molecule is O=C1c2ccccc2O[C@@H]2CCC[C@@H]12. The predicted molar refractivity (Wildman–Crippen MR) is 52.5 cm³/mol. The van der Waals surface area contributed by atoms with E-state index < -0.39 is 0 Å². The number of rotatable bonds is 0. The summed E-state index contributed by atoms with van der Waals surface area (Å²) < 4.78 is 5.81. The van der Waals surface area contributed by atoms with Crippen LogP contribution in [0.3, 0.4) is 0 Å². The molecule has 1 aromatic carbocycles. The van der Waals surface area contributed by atoms with Crippen molar-refractivity contribution in [1.29, 1.82) is 0 Å². The van der Waals surface area contributed by atoms with Crippen LogP contribution in [0.2, 0.25) is 0 Å². The van der Waals surface area contributed by atoms with Gasteiger partial charge < -0.3 is 4.74 Å². The van der Waals surface area contributed by atoms with E-state index in [0.29, 0.717) is 0 Å². The van der Waals surface area contributed by atoms with Crippen LogP contribution >= 0.6 is 0 Å². The highest BCUT2D eigenvalue weighted by atomic mass is 16.5. The van der Waals surface area contributed by atoms with Gasteiger partial charge in [-0.2, -0.15) is 0 Å². The molecule has 1 saturated carbocycles. The van der Waals surface area contributed by atoms with E-state index in [2.05, 4.69) is 0 Å². The van der Waals surface area contributed by atoms with Gasteiger partial charge in [-0.15, -0.1) is 0 Å². The minimum Gasteiger partial charge on any atom is -0.489 e. The minimum absolute atomic E-state index is 0.130. The van der Waals surface area contributed by atoms with Gasteiger partial charge in [0, 0.05) is 0 Å². The summed E-state index contributed by atoms with van der Waals surface area (Å²) in [5, 5.41) is 0. The van der Waals surface area contributed by atoms with Crippen molar-refractivity contribution in [1.82, 2.24) is 0 Å². The summed E-state index contributed by atoms with van der Waals surface area (Å²) in [6.45, 7) is 0. The molecule has 14 heavy (non-hydrogen) atoms. The van der Waals surface area contributed by atoms with Crippen LogP contribution in [0, 0.1) is 5.92 Å². The number of carbonyl (C=O) groups is 1. The molecule has 2 aliphatic rings. The third kappa shape index (κ3) is 0.999. The highest BCUT2D eigenvalue weighted by Gasteiger charge is 2.39. The van der Waals surface area contributed by atoms with E-state index in [9.17, 15) is 4.79 Å². The number of fused-ring (bicyclic) bond motifs is 2. The van der Waals surface area contributed by atoms with E-state index >= 15 is 0 Å². The van der Waals surface area contributed by atoms with Crippen LogP contribution in [0.1, 0.15) is 29.6 Å². The van der Waals surface area contributed by atoms with Gasteiger partial charge >= 0.3 is 0 Å². The molecule has 72 valence electrons. The van der Waals surface area contributed by atoms with Crippen LogP contribution < -0.4 is 4.74 Å². The zero-order valence-electron chi connectivity index (χ0n) is 7.90. The van der Waals surface area contributed by atoms with E-state index in [-0.39, 0.29) is 17.8 Å². The van der Waals surface area contributed by atoms with Crippen LogP contribution in [0.25, 0.3) is 0 Å². The van der Waals surface area contributed by atoms with Crippen molar-refractivity contribution in [3.63, 3.8) is 0 Å². The van der Waals surface area contributed by atoms with Gasteiger partial charge in [-0.1, -0.05) is 12.1 Å². The highest BCUT2D eigenvalue weighted by molar-refractivity contribution is 6.01. The largest absolute Gasteiger partial charge is 0.489 e. The summed E-state index contributed by atoms with van der Waals surface area (Å²) in [7, 11) is 0. The van der Waals surface area contributed by atoms with Crippen molar-refractivity contribution in [2.75, 3.05) is 0 Å². The first-order chi connectivity index (χ1) is 6.86. The number of Topliss-reactive ketones (excluding diaryl/α,β-unsaturated/α-hetero) is 1. The lowest BCUT2D eigenvalue weighted by molar-refractivity contribution is 0.0730. The van der Waals surface area contributed by atoms with Crippen molar-refractivity contribution < 1.29 is 9.53 Å². The lowest BCUT2D eigenvalue weighted by Crippen LogP contribution is -2.33. The average Bonchev–Trinajstić information content (AvgIpc) is 2.66. The molecular formula is C12H12O2.